The van der Waals surface area contributed by atoms with E-state index in [-0.39, 0.29) is 6.04 Å². The van der Waals surface area contributed by atoms with Crippen LogP contribution in [0.15, 0.2) is 4.47 Å². The average Bonchev–Trinajstić information content (AvgIpc) is 2.57. The second-order valence-electron chi connectivity index (χ2n) is 4.20. The fourth-order valence-electron chi connectivity index (χ4n) is 1.75. The van der Waals surface area contributed by atoms with Crippen LogP contribution in [-0.2, 0) is 17.7 Å². The Morgan fingerprint density at radius 3 is 2.76 bits per heavy atom. The molecule has 98 valence electrons. The van der Waals surface area contributed by atoms with E-state index < -0.39 is 0 Å². The molecule has 1 aromatic rings. The Labute approximate surface area is 112 Å². The maximum absolute atomic E-state index is 6.06. The molecule has 1 unspecified atom stereocenters. The third-order valence-electron chi connectivity index (χ3n) is 2.59. The van der Waals surface area contributed by atoms with Gasteiger partial charge in [0.2, 0.25) is 0 Å². The van der Waals surface area contributed by atoms with Gasteiger partial charge in [0.05, 0.1) is 22.5 Å². The number of hydrogen-bond donors (Lipinski definition) is 1. The quantitative estimate of drug-likeness (QED) is 0.786. The normalized spacial score (nSPS) is 13.0. The van der Waals surface area contributed by atoms with Crippen LogP contribution in [0, 0.1) is 6.92 Å². The van der Waals surface area contributed by atoms with E-state index in [4.69, 9.17) is 10.5 Å². The predicted molar refractivity (Wildman–Crippen MR) is 73.1 cm³/mol. The summed E-state index contributed by atoms with van der Waals surface area (Å²) >= 11 is 3.57. The Morgan fingerprint density at radius 1 is 1.47 bits per heavy atom. The Kier molecular flexibility index (Phi) is 6.16. The van der Waals surface area contributed by atoms with Gasteiger partial charge < -0.3 is 10.5 Å². The smallest absolute Gasteiger partial charge is 0.0738 e. The molecule has 0 fully saturated rings. The van der Waals surface area contributed by atoms with Crippen LogP contribution in [0.1, 0.15) is 31.7 Å². The molecule has 1 atom stereocenters. The summed E-state index contributed by atoms with van der Waals surface area (Å²) in [6.45, 7) is 8.43. The monoisotopic (exact) mass is 303 g/mol. The maximum atomic E-state index is 6.06. The molecule has 4 nitrogen and oxygen atoms in total. The van der Waals surface area contributed by atoms with Crippen molar-refractivity contribution >= 4 is 15.9 Å². The molecule has 0 saturated carbocycles. The van der Waals surface area contributed by atoms with Crippen LogP contribution < -0.4 is 5.73 Å². The highest BCUT2D eigenvalue weighted by molar-refractivity contribution is 9.10. The van der Waals surface area contributed by atoms with Gasteiger partial charge in [0.15, 0.2) is 0 Å². The third-order valence-corrected chi connectivity index (χ3v) is 3.62. The van der Waals surface area contributed by atoms with Gasteiger partial charge in [-0.05, 0) is 36.2 Å². The number of aryl methyl sites for hydroxylation is 2. The van der Waals surface area contributed by atoms with E-state index in [1.165, 1.54) is 0 Å². The van der Waals surface area contributed by atoms with Crippen molar-refractivity contribution in [2.24, 2.45) is 5.73 Å². The lowest BCUT2D eigenvalue weighted by molar-refractivity contribution is 0.121. The van der Waals surface area contributed by atoms with Crippen molar-refractivity contribution in [3.8, 4) is 0 Å². The zero-order chi connectivity index (χ0) is 12.8. The minimum atomic E-state index is 0.0271. The maximum Gasteiger partial charge on any atom is 0.0738 e. The van der Waals surface area contributed by atoms with E-state index in [2.05, 4.69) is 34.9 Å². The summed E-state index contributed by atoms with van der Waals surface area (Å²) in [5.74, 6) is 0. The summed E-state index contributed by atoms with van der Waals surface area (Å²) in [5.41, 5.74) is 8.24. The van der Waals surface area contributed by atoms with Crippen LogP contribution >= 0.6 is 15.9 Å². The second kappa shape index (κ2) is 7.13. The molecule has 0 aliphatic carbocycles. The highest BCUT2D eigenvalue weighted by atomic mass is 79.9. The van der Waals surface area contributed by atoms with Crippen LogP contribution in [0.25, 0.3) is 0 Å². The Bertz CT molecular complexity index is 352. The molecule has 0 radical (unpaired) electrons. The van der Waals surface area contributed by atoms with Gasteiger partial charge in [-0.3, -0.25) is 4.68 Å². The minimum absolute atomic E-state index is 0.0271. The number of ether oxygens (including phenoxy) is 1. The molecule has 0 amide bonds. The first-order valence-corrected chi connectivity index (χ1v) is 6.94. The Balaban J connectivity index is 2.60. The van der Waals surface area contributed by atoms with Crippen LogP contribution in [-0.4, -0.2) is 29.0 Å². The van der Waals surface area contributed by atoms with Gasteiger partial charge in [0.25, 0.3) is 0 Å². The fraction of sp³-hybridized carbons (Fsp3) is 0.750. The predicted octanol–water partition coefficient (Wildman–Crippen LogP) is 2.27. The number of rotatable bonds is 7. The molecule has 2 N–H and O–H groups in total. The molecule has 0 aliphatic heterocycles. The lowest BCUT2D eigenvalue weighted by Crippen LogP contribution is -2.30. The number of nitrogens with two attached hydrogens (primary N) is 1. The van der Waals surface area contributed by atoms with Crippen molar-refractivity contribution in [1.82, 2.24) is 9.78 Å². The molecule has 0 spiro atoms. The molecule has 0 aromatic carbocycles. The van der Waals surface area contributed by atoms with Crippen molar-refractivity contribution in [1.29, 1.82) is 0 Å². The second-order valence-corrected chi connectivity index (χ2v) is 4.99. The highest BCUT2D eigenvalue weighted by Gasteiger charge is 2.15. The van der Waals surface area contributed by atoms with E-state index in [9.17, 15) is 0 Å². The molecule has 1 rings (SSSR count). The number of halogens is 1. The zero-order valence-corrected chi connectivity index (χ0v) is 12.5. The molecule has 17 heavy (non-hydrogen) atoms. The summed E-state index contributed by atoms with van der Waals surface area (Å²) in [7, 11) is 0. The van der Waals surface area contributed by atoms with Crippen molar-refractivity contribution < 1.29 is 4.74 Å². The summed E-state index contributed by atoms with van der Waals surface area (Å²) < 4.78 is 8.54. The first-order valence-electron chi connectivity index (χ1n) is 6.15. The van der Waals surface area contributed by atoms with Crippen molar-refractivity contribution in [2.45, 2.75) is 46.2 Å². The van der Waals surface area contributed by atoms with Gasteiger partial charge in [-0.1, -0.05) is 6.92 Å². The van der Waals surface area contributed by atoms with Crippen LogP contribution in [0.4, 0.5) is 0 Å². The van der Waals surface area contributed by atoms with Crippen LogP contribution in [0.2, 0.25) is 0 Å². The van der Waals surface area contributed by atoms with Crippen LogP contribution in [0.3, 0.4) is 0 Å². The molecular formula is C12H22BrN3O. The molecule has 5 heteroatoms. The lowest BCUT2D eigenvalue weighted by atomic mass is 10.1. The average molecular weight is 304 g/mol. The number of hydrogen-bond acceptors (Lipinski definition) is 3. The molecule has 0 aliphatic rings. The van der Waals surface area contributed by atoms with E-state index in [0.29, 0.717) is 6.61 Å². The third kappa shape index (κ3) is 4.08. The van der Waals surface area contributed by atoms with E-state index in [1.807, 2.05) is 11.6 Å². The molecule has 0 saturated heterocycles. The zero-order valence-electron chi connectivity index (χ0n) is 10.9. The van der Waals surface area contributed by atoms with E-state index in [0.717, 1.165) is 41.9 Å². The van der Waals surface area contributed by atoms with Gasteiger partial charge >= 0.3 is 0 Å². The molecule has 1 heterocycles. The first-order chi connectivity index (χ1) is 8.10. The number of aromatic nitrogens is 2. The van der Waals surface area contributed by atoms with Gasteiger partial charge in [-0.25, -0.2) is 0 Å². The van der Waals surface area contributed by atoms with Crippen molar-refractivity contribution in [3.63, 3.8) is 0 Å². The summed E-state index contributed by atoms with van der Waals surface area (Å²) in [5, 5.41) is 4.45. The van der Waals surface area contributed by atoms with Gasteiger partial charge in [-0.2, -0.15) is 5.10 Å². The van der Waals surface area contributed by atoms with E-state index >= 15 is 0 Å². The summed E-state index contributed by atoms with van der Waals surface area (Å²) in [4.78, 5) is 0. The number of nitrogens with zero attached hydrogens (tertiary/aromatic N) is 2. The first kappa shape index (κ1) is 14.7. The molecule has 0 bridgehead atoms. The van der Waals surface area contributed by atoms with Gasteiger partial charge in [0, 0.05) is 25.6 Å². The van der Waals surface area contributed by atoms with Crippen molar-refractivity contribution in [3.05, 3.63) is 15.9 Å². The van der Waals surface area contributed by atoms with Gasteiger partial charge in [-0.15, -0.1) is 0 Å². The fourth-order valence-corrected chi connectivity index (χ4v) is 2.20. The van der Waals surface area contributed by atoms with Crippen molar-refractivity contribution in [2.75, 3.05) is 13.2 Å². The highest BCUT2D eigenvalue weighted by Crippen LogP contribution is 2.22. The summed E-state index contributed by atoms with van der Waals surface area (Å²) in [6.07, 6.45) is 1.82. The minimum Gasteiger partial charge on any atom is -0.380 e. The van der Waals surface area contributed by atoms with Gasteiger partial charge in [0.1, 0.15) is 0 Å². The lowest BCUT2D eigenvalue weighted by Gasteiger charge is -2.13. The largest absolute Gasteiger partial charge is 0.380 e. The molecule has 1 aromatic heterocycles. The molecular weight excluding hydrogens is 282 g/mol. The van der Waals surface area contributed by atoms with E-state index in [1.54, 1.807) is 0 Å². The Hall–Kier alpha value is -0.390. The summed E-state index contributed by atoms with van der Waals surface area (Å²) in [6, 6.07) is 0.0271. The SMILES string of the molecule is CCCOCC(N)Cc1c(Br)c(C)nn1CC. The topological polar surface area (TPSA) is 53.1 Å². The van der Waals surface area contributed by atoms with Crippen LogP contribution in [0.5, 0.6) is 0 Å². The standard InChI is InChI=1S/C12H22BrN3O/c1-4-6-17-8-10(14)7-11-12(13)9(3)15-16(11)5-2/h10H,4-8,14H2,1-3H3. The Morgan fingerprint density at radius 2 is 2.18 bits per heavy atom.